The number of aryl methyl sites for hydroxylation is 1. The SMILES string of the molecule is Cc1cccc(CN2CCN(S(=O)(=O)N(C)C)CC2)c1. The lowest BCUT2D eigenvalue weighted by molar-refractivity contribution is 0.177. The molecule has 1 heterocycles. The lowest BCUT2D eigenvalue weighted by atomic mass is 10.1. The van der Waals surface area contributed by atoms with Gasteiger partial charge in [-0.2, -0.15) is 17.0 Å². The lowest BCUT2D eigenvalue weighted by Crippen LogP contribution is -2.51. The van der Waals surface area contributed by atoms with Crippen LogP contribution in [0.3, 0.4) is 0 Å². The van der Waals surface area contributed by atoms with Crippen molar-refractivity contribution in [3.05, 3.63) is 35.4 Å². The molecule has 1 aliphatic heterocycles. The number of rotatable bonds is 4. The fourth-order valence-corrected chi connectivity index (χ4v) is 3.50. The monoisotopic (exact) mass is 297 g/mol. The zero-order valence-corrected chi connectivity index (χ0v) is 13.2. The molecule has 112 valence electrons. The van der Waals surface area contributed by atoms with Crippen LogP contribution in [0.5, 0.6) is 0 Å². The molecule has 1 aliphatic rings. The molecular weight excluding hydrogens is 274 g/mol. The molecule has 20 heavy (non-hydrogen) atoms. The standard InChI is InChI=1S/C14H23N3O2S/c1-13-5-4-6-14(11-13)12-16-7-9-17(10-8-16)20(18,19)15(2)3/h4-6,11H,7-10,12H2,1-3H3. The Kier molecular flexibility index (Phi) is 4.80. The van der Waals surface area contributed by atoms with Crippen LogP contribution in [0.25, 0.3) is 0 Å². The van der Waals surface area contributed by atoms with Gasteiger partial charge in [-0.25, -0.2) is 0 Å². The molecule has 1 aromatic rings. The highest BCUT2D eigenvalue weighted by Crippen LogP contribution is 2.13. The average molecular weight is 297 g/mol. The summed E-state index contributed by atoms with van der Waals surface area (Å²) in [6, 6.07) is 8.46. The first kappa shape index (κ1) is 15.4. The third-order valence-corrected chi connectivity index (χ3v) is 5.55. The van der Waals surface area contributed by atoms with Crippen LogP contribution in [0.2, 0.25) is 0 Å². The van der Waals surface area contributed by atoms with Gasteiger partial charge in [-0.3, -0.25) is 4.90 Å². The van der Waals surface area contributed by atoms with E-state index in [0.29, 0.717) is 13.1 Å². The highest BCUT2D eigenvalue weighted by Gasteiger charge is 2.28. The van der Waals surface area contributed by atoms with E-state index in [-0.39, 0.29) is 0 Å². The zero-order valence-electron chi connectivity index (χ0n) is 12.4. The molecule has 0 bridgehead atoms. The van der Waals surface area contributed by atoms with E-state index < -0.39 is 10.2 Å². The van der Waals surface area contributed by atoms with E-state index in [1.165, 1.54) is 15.4 Å². The largest absolute Gasteiger partial charge is 0.296 e. The van der Waals surface area contributed by atoms with Gasteiger partial charge in [-0.1, -0.05) is 29.8 Å². The van der Waals surface area contributed by atoms with Crippen molar-refractivity contribution in [3.63, 3.8) is 0 Å². The second kappa shape index (κ2) is 6.22. The minimum absolute atomic E-state index is 0.562. The van der Waals surface area contributed by atoms with Gasteiger partial charge in [0.2, 0.25) is 0 Å². The third kappa shape index (κ3) is 3.58. The van der Waals surface area contributed by atoms with Crippen molar-refractivity contribution in [2.75, 3.05) is 40.3 Å². The first-order valence-electron chi connectivity index (χ1n) is 6.85. The van der Waals surface area contributed by atoms with Crippen LogP contribution in [-0.2, 0) is 16.8 Å². The van der Waals surface area contributed by atoms with Gasteiger partial charge in [0, 0.05) is 46.8 Å². The minimum Gasteiger partial charge on any atom is -0.296 e. The Balaban J connectivity index is 1.92. The normalized spacial score (nSPS) is 18.6. The van der Waals surface area contributed by atoms with Crippen molar-refractivity contribution in [2.45, 2.75) is 13.5 Å². The molecule has 0 spiro atoms. The topological polar surface area (TPSA) is 43.9 Å². The Bertz CT molecular complexity index is 549. The summed E-state index contributed by atoms with van der Waals surface area (Å²) in [5.41, 5.74) is 2.55. The van der Waals surface area contributed by atoms with Gasteiger partial charge < -0.3 is 0 Å². The second-order valence-corrected chi connectivity index (χ2v) is 7.60. The van der Waals surface area contributed by atoms with E-state index in [1.807, 2.05) is 0 Å². The van der Waals surface area contributed by atoms with Crippen molar-refractivity contribution >= 4 is 10.2 Å². The van der Waals surface area contributed by atoms with Crippen molar-refractivity contribution in [3.8, 4) is 0 Å². The molecule has 0 N–H and O–H groups in total. The van der Waals surface area contributed by atoms with Crippen LogP contribution >= 0.6 is 0 Å². The van der Waals surface area contributed by atoms with E-state index in [1.54, 1.807) is 18.4 Å². The Morgan fingerprint density at radius 3 is 2.35 bits per heavy atom. The van der Waals surface area contributed by atoms with Crippen LogP contribution in [0.1, 0.15) is 11.1 Å². The Hall–Kier alpha value is -0.950. The highest BCUT2D eigenvalue weighted by atomic mass is 32.2. The molecule has 2 rings (SSSR count). The molecule has 0 aliphatic carbocycles. The number of benzene rings is 1. The maximum Gasteiger partial charge on any atom is 0.281 e. The molecule has 0 aromatic heterocycles. The average Bonchev–Trinajstić information content (AvgIpc) is 2.39. The molecule has 0 amide bonds. The fourth-order valence-electron chi connectivity index (χ4n) is 2.42. The molecule has 0 atom stereocenters. The Morgan fingerprint density at radius 1 is 1.15 bits per heavy atom. The summed E-state index contributed by atoms with van der Waals surface area (Å²) in [6.45, 7) is 5.66. The van der Waals surface area contributed by atoms with Gasteiger partial charge in [0.1, 0.15) is 0 Å². The first-order valence-corrected chi connectivity index (χ1v) is 8.25. The highest BCUT2D eigenvalue weighted by molar-refractivity contribution is 7.86. The minimum atomic E-state index is -3.26. The van der Waals surface area contributed by atoms with Gasteiger partial charge in [0.15, 0.2) is 0 Å². The third-order valence-electron chi connectivity index (χ3n) is 3.61. The molecule has 0 unspecified atom stereocenters. The summed E-state index contributed by atoms with van der Waals surface area (Å²) in [6.07, 6.45) is 0. The smallest absolute Gasteiger partial charge is 0.281 e. The van der Waals surface area contributed by atoms with E-state index >= 15 is 0 Å². The van der Waals surface area contributed by atoms with Crippen molar-refractivity contribution in [1.82, 2.24) is 13.5 Å². The van der Waals surface area contributed by atoms with E-state index in [9.17, 15) is 8.42 Å². The maximum absolute atomic E-state index is 12.0. The fraction of sp³-hybridized carbons (Fsp3) is 0.571. The van der Waals surface area contributed by atoms with Crippen LogP contribution in [0.4, 0.5) is 0 Å². The number of hydrogen-bond acceptors (Lipinski definition) is 3. The zero-order chi connectivity index (χ0) is 14.8. The molecule has 0 radical (unpaired) electrons. The number of piperazine rings is 1. The van der Waals surface area contributed by atoms with Crippen molar-refractivity contribution in [2.24, 2.45) is 0 Å². The molecular formula is C14H23N3O2S. The summed E-state index contributed by atoms with van der Waals surface area (Å²) in [4.78, 5) is 2.30. The van der Waals surface area contributed by atoms with Crippen molar-refractivity contribution in [1.29, 1.82) is 0 Å². The summed E-state index contributed by atoms with van der Waals surface area (Å²) < 4.78 is 26.9. The van der Waals surface area contributed by atoms with Gasteiger partial charge in [0.25, 0.3) is 10.2 Å². The van der Waals surface area contributed by atoms with Crippen LogP contribution in [0.15, 0.2) is 24.3 Å². The van der Waals surface area contributed by atoms with Crippen LogP contribution < -0.4 is 0 Å². The summed E-state index contributed by atoms with van der Waals surface area (Å²) in [5.74, 6) is 0. The predicted octanol–water partition coefficient (Wildman–Crippen LogP) is 0.919. The van der Waals surface area contributed by atoms with Gasteiger partial charge in [0.05, 0.1) is 0 Å². The second-order valence-electron chi connectivity index (χ2n) is 5.45. The lowest BCUT2D eigenvalue weighted by Gasteiger charge is -2.35. The molecule has 1 saturated heterocycles. The van der Waals surface area contributed by atoms with Gasteiger partial charge >= 0.3 is 0 Å². The quantitative estimate of drug-likeness (QED) is 0.830. The van der Waals surface area contributed by atoms with Crippen LogP contribution in [0, 0.1) is 6.92 Å². The predicted molar refractivity (Wildman–Crippen MR) is 80.6 cm³/mol. The summed E-state index contributed by atoms with van der Waals surface area (Å²) >= 11 is 0. The molecule has 0 saturated carbocycles. The van der Waals surface area contributed by atoms with Gasteiger partial charge in [-0.15, -0.1) is 0 Å². The molecule has 6 heteroatoms. The van der Waals surface area contributed by atoms with E-state index in [0.717, 1.165) is 19.6 Å². The molecule has 1 aromatic carbocycles. The van der Waals surface area contributed by atoms with Crippen LogP contribution in [-0.4, -0.2) is 62.2 Å². The Labute approximate surface area is 122 Å². The molecule has 5 nitrogen and oxygen atoms in total. The summed E-state index contributed by atoms with van der Waals surface area (Å²) in [7, 11) is -0.107. The Morgan fingerprint density at radius 2 is 1.80 bits per heavy atom. The van der Waals surface area contributed by atoms with Crippen molar-refractivity contribution < 1.29 is 8.42 Å². The number of hydrogen-bond donors (Lipinski definition) is 0. The van der Waals surface area contributed by atoms with E-state index in [4.69, 9.17) is 0 Å². The number of nitrogens with zero attached hydrogens (tertiary/aromatic N) is 3. The molecule has 1 fully saturated rings. The van der Waals surface area contributed by atoms with Gasteiger partial charge in [-0.05, 0) is 12.5 Å². The first-order chi connectivity index (χ1) is 9.39. The summed E-state index contributed by atoms with van der Waals surface area (Å²) in [5, 5.41) is 0. The maximum atomic E-state index is 12.0. The van der Waals surface area contributed by atoms with E-state index in [2.05, 4.69) is 36.1 Å².